The highest BCUT2D eigenvalue weighted by molar-refractivity contribution is 5.15. The van der Waals surface area contributed by atoms with Gasteiger partial charge in [0.05, 0.1) is 44.7 Å². The second-order valence-corrected chi connectivity index (χ2v) is 24.4. The first-order valence-corrected chi connectivity index (χ1v) is 27.2. The molecule has 6 saturated heterocycles. The Morgan fingerprint density at radius 1 is 0.521 bits per heavy atom. The Kier molecular flexibility index (Phi) is 16.2. The second-order valence-electron chi connectivity index (χ2n) is 24.4. The summed E-state index contributed by atoms with van der Waals surface area (Å²) in [7, 11) is 0. The van der Waals surface area contributed by atoms with Gasteiger partial charge in [-0.25, -0.2) is 0 Å². The summed E-state index contributed by atoms with van der Waals surface area (Å²) in [5.74, 6) is 2.69. The van der Waals surface area contributed by atoms with Crippen LogP contribution in [0.1, 0.15) is 98.8 Å². The van der Waals surface area contributed by atoms with Crippen LogP contribution < -0.4 is 0 Å². The summed E-state index contributed by atoms with van der Waals surface area (Å²) in [4.78, 5) is 0. The molecule has 0 aromatic rings. The van der Waals surface area contributed by atoms with Crippen molar-refractivity contribution in [2.24, 2.45) is 52.3 Å². The molecule has 4 saturated carbocycles. The van der Waals surface area contributed by atoms with E-state index in [0.29, 0.717) is 48.3 Å². The summed E-state index contributed by atoms with van der Waals surface area (Å²) in [5, 5.41) is 129. The Hall–Kier alpha value is -0.880. The highest BCUT2D eigenvalue weighted by atomic mass is 16.8. The minimum Gasteiger partial charge on any atom is -0.394 e. The third-order valence-corrected chi connectivity index (χ3v) is 20.3. The number of hydrogen-bond acceptors (Lipinski definition) is 22. The number of fused-ring (bicyclic) bond motifs is 7. The first kappa shape index (κ1) is 55.4. The minimum atomic E-state index is -1.90. The molecule has 10 fully saturated rings. The fourth-order valence-corrected chi connectivity index (χ4v) is 16.0. The Balaban J connectivity index is 0.890. The average molecular weight is 1050 g/mol. The van der Waals surface area contributed by atoms with Gasteiger partial charge < -0.3 is 109 Å². The maximum atomic E-state index is 12.5. The van der Waals surface area contributed by atoms with Crippen LogP contribution in [0, 0.1) is 52.3 Å². The molecule has 0 amide bonds. The molecule has 0 bridgehead atoms. The third kappa shape index (κ3) is 9.60. The van der Waals surface area contributed by atoms with Crippen molar-refractivity contribution < 1.29 is 109 Å². The quantitative estimate of drug-likeness (QED) is 0.101. The molecule has 10 aliphatic rings. The molecule has 32 atom stereocenters. The molecule has 6 heterocycles. The van der Waals surface area contributed by atoms with Crippen LogP contribution >= 0.6 is 0 Å². The lowest BCUT2D eigenvalue weighted by atomic mass is 9.44. The molecule has 1 spiro atoms. The molecule has 4 aliphatic carbocycles. The van der Waals surface area contributed by atoms with E-state index in [0.717, 1.165) is 58.0 Å². The van der Waals surface area contributed by atoms with Gasteiger partial charge in [0.2, 0.25) is 0 Å². The molecule has 22 nitrogen and oxygen atoms in total. The first-order chi connectivity index (χ1) is 34.6. The lowest BCUT2D eigenvalue weighted by molar-refractivity contribution is -0.395. The van der Waals surface area contributed by atoms with Crippen molar-refractivity contribution in [3.63, 3.8) is 0 Å². The van der Waals surface area contributed by atoms with Crippen molar-refractivity contribution in [3.8, 4) is 0 Å². The molecule has 73 heavy (non-hydrogen) atoms. The van der Waals surface area contributed by atoms with E-state index >= 15 is 0 Å². The first-order valence-electron chi connectivity index (χ1n) is 27.2. The fourth-order valence-electron chi connectivity index (χ4n) is 16.0. The third-order valence-electron chi connectivity index (χ3n) is 20.3. The summed E-state index contributed by atoms with van der Waals surface area (Å²) in [6.45, 7) is 9.64. The number of ether oxygens (including phenoxy) is 10. The smallest absolute Gasteiger partial charge is 0.187 e. The van der Waals surface area contributed by atoms with Gasteiger partial charge in [0.15, 0.2) is 30.9 Å². The van der Waals surface area contributed by atoms with Gasteiger partial charge in [-0.2, -0.15) is 0 Å². The molecular formula is C51H84O22. The maximum Gasteiger partial charge on any atom is 0.187 e. The van der Waals surface area contributed by atoms with Gasteiger partial charge in [-0.15, -0.1) is 0 Å². The van der Waals surface area contributed by atoms with Crippen LogP contribution in [0.25, 0.3) is 0 Å². The molecule has 12 N–H and O–H groups in total. The van der Waals surface area contributed by atoms with Crippen molar-refractivity contribution in [1.82, 2.24) is 0 Å². The van der Waals surface area contributed by atoms with E-state index in [1.54, 1.807) is 0 Å². The number of aliphatic hydroxyl groups excluding tert-OH is 12. The van der Waals surface area contributed by atoms with E-state index in [1.165, 1.54) is 6.92 Å². The van der Waals surface area contributed by atoms with Gasteiger partial charge in [-0.3, -0.25) is 0 Å². The molecule has 420 valence electrons. The van der Waals surface area contributed by atoms with Gasteiger partial charge in [0.25, 0.3) is 0 Å². The monoisotopic (exact) mass is 1050 g/mol. The molecule has 32 unspecified atom stereocenters. The van der Waals surface area contributed by atoms with Crippen LogP contribution in [-0.2, 0) is 47.4 Å². The molecule has 10 rings (SSSR count). The van der Waals surface area contributed by atoms with Crippen molar-refractivity contribution in [1.29, 1.82) is 0 Å². The predicted molar refractivity (Wildman–Crippen MR) is 247 cm³/mol. The molecule has 22 heteroatoms. The Bertz CT molecular complexity index is 1860. The van der Waals surface area contributed by atoms with Gasteiger partial charge in [0, 0.05) is 12.3 Å². The SMILES string of the molecule is CC1CCC2(OC1)OC1CC3C4CCC5CC(OC6OC(COC7OC(CO)C(O)C(O)C7O)C(OC7OC(C)C(O)C(O)C7O)C(O)C6OC6OC(CO)C(O)C(O)C6O)CCC5(C)C4CCC3(C)C1C2C. The highest BCUT2D eigenvalue weighted by Gasteiger charge is 2.69. The van der Waals surface area contributed by atoms with E-state index in [4.69, 9.17) is 47.4 Å². The average Bonchev–Trinajstić information content (AvgIpc) is 3.82. The lowest BCUT2D eigenvalue weighted by Crippen LogP contribution is -2.67. The summed E-state index contributed by atoms with van der Waals surface area (Å²) in [6.07, 6.45) is -23.7. The van der Waals surface area contributed by atoms with Crippen LogP contribution in [0.15, 0.2) is 0 Å². The van der Waals surface area contributed by atoms with E-state index < -0.39 is 155 Å². The number of rotatable bonds is 11. The number of aliphatic hydroxyl groups is 12. The van der Waals surface area contributed by atoms with Crippen LogP contribution in [0.2, 0.25) is 0 Å². The van der Waals surface area contributed by atoms with Gasteiger partial charge >= 0.3 is 0 Å². The second kappa shape index (κ2) is 21.3. The fraction of sp³-hybridized carbons (Fsp3) is 1.00. The predicted octanol–water partition coefficient (Wildman–Crippen LogP) is -1.88. The summed E-state index contributed by atoms with van der Waals surface area (Å²) in [6, 6.07) is 0. The maximum absolute atomic E-state index is 12.5. The van der Waals surface area contributed by atoms with Crippen LogP contribution in [0.3, 0.4) is 0 Å². The van der Waals surface area contributed by atoms with Gasteiger partial charge in [-0.1, -0.05) is 27.7 Å². The molecule has 6 aliphatic heterocycles. The zero-order chi connectivity index (χ0) is 52.2. The normalized spacial score (nSPS) is 58.2. The van der Waals surface area contributed by atoms with E-state index in [9.17, 15) is 61.3 Å². The minimum absolute atomic E-state index is 0.00805. The molecule has 0 aromatic carbocycles. The van der Waals surface area contributed by atoms with Crippen LogP contribution in [-0.4, -0.2) is 229 Å². The van der Waals surface area contributed by atoms with Crippen molar-refractivity contribution in [3.05, 3.63) is 0 Å². The largest absolute Gasteiger partial charge is 0.394 e. The van der Waals surface area contributed by atoms with Crippen molar-refractivity contribution in [2.45, 2.75) is 240 Å². The summed E-state index contributed by atoms with van der Waals surface area (Å²) < 4.78 is 62.5. The molecule has 0 radical (unpaired) electrons. The van der Waals surface area contributed by atoms with Crippen molar-refractivity contribution >= 4 is 0 Å². The van der Waals surface area contributed by atoms with Crippen LogP contribution in [0.4, 0.5) is 0 Å². The zero-order valence-corrected chi connectivity index (χ0v) is 42.6. The highest BCUT2D eigenvalue weighted by Crippen LogP contribution is 2.71. The van der Waals surface area contributed by atoms with Gasteiger partial charge in [0.1, 0.15) is 91.6 Å². The number of hydrogen-bond donors (Lipinski definition) is 12. The van der Waals surface area contributed by atoms with Crippen LogP contribution in [0.5, 0.6) is 0 Å². The summed E-state index contributed by atoms with van der Waals surface area (Å²) >= 11 is 0. The Morgan fingerprint density at radius 3 is 1.78 bits per heavy atom. The standard InChI is InChI=1S/C51H84O22/c1-20-8-13-51(65-18-20)21(2)32-28(73-51)15-27-25-7-6-23-14-24(9-11-49(23,4)26(25)10-12-50(27,32)5)67-48-44(72-47-41(62)38(59)35(56)30(17-53)69-47)42(63)43(71-46-40(61)36(57)33(54)22(3)66-46)31(70-48)19-64-45-39(60)37(58)34(55)29(16-52)68-45/h20-48,52-63H,6-19H2,1-5H3. The zero-order valence-electron chi connectivity index (χ0n) is 42.6. The molecule has 0 aromatic heterocycles. The Morgan fingerprint density at radius 2 is 1.12 bits per heavy atom. The Labute approximate surface area is 426 Å². The topological polar surface area (TPSA) is 335 Å². The summed E-state index contributed by atoms with van der Waals surface area (Å²) in [5.41, 5.74) is 0.166. The van der Waals surface area contributed by atoms with E-state index in [1.807, 2.05) is 0 Å². The van der Waals surface area contributed by atoms with Gasteiger partial charge in [-0.05, 0) is 111 Å². The van der Waals surface area contributed by atoms with E-state index in [-0.39, 0.29) is 22.9 Å². The van der Waals surface area contributed by atoms with Crippen molar-refractivity contribution in [2.75, 3.05) is 26.4 Å². The van der Waals surface area contributed by atoms with E-state index in [2.05, 4.69) is 27.7 Å². The molecular weight excluding hydrogens is 965 g/mol. The lowest BCUT2D eigenvalue weighted by Gasteiger charge is -2.61.